The van der Waals surface area contributed by atoms with E-state index < -0.39 is 0 Å². The lowest BCUT2D eigenvalue weighted by atomic mass is 9.89. The van der Waals surface area contributed by atoms with Crippen molar-refractivity contribution in [2.24, 2.45) is 5.92 Å². The van der Waals surface area contributed by atoms with Crippen molar-refractivity contribution in [3.05, 3.63) is 41.6 Å². The van der Waals surface area contributed by atoms with Crippen molar-refractivity contribution in [1.29, 1.82) is 0 Å². The van der Waals surface area contributed by atoms with Crippen LogP contribution in [-0.4, -0.2) is 24.7 Å². The zero-order valence-corrected chi connectivity index (χ0v) is 12.9. The number of nitrogens with zero attached hydrogens (tertiary/aromatic N) is 1. The summed E-state index contributed by atoms with van der Waals surface area (Å²) in [5.41, 5.74) is 3.42. The van der Waals surface area contributed by atoms with Gasteiger partial charge in [-0.05, 0) is 50.1 Å². The molecule has 3 heteroatoms. The van der Waals surface area contributed by atoms with Gasteiger partial charge in [0, 0.05) is 30.1 Å². The first kappa shape index (κ1) is 14.5. The minimum atomic E-state index is 0.212. The van der Waals surface area contributed by atoms with Crippen LogP contribution in [-0.2, 0) is 4.74 Å². The first-order valence-corrected chi connectivity index (χ1v) is 7.97. The molecular weight excluding hydrogens is 260 g/mol. The van der Waals surface area contributed by atoms with E-state index in [4.69, 9.17) is 4.74 Å². The molecular formula is C18H24N2O. The Labute approximate surface area is 126 Å². The number of aryl methyl sites for hydroxylation is 1. The standard InChI is InChI=1S/C18H24N2O/c1-3-19-12-16-5-4-10-21-18(16)15-8-9-17-14(11-15)7-6-13(2)20-17/h6-9,11,16,18-19H,3-5,10,12H2,1-2H3. The molecule has 112 valence electrons. The predicted octanol–water partition coefficient (Wildman–Crippen LogP) is 3.62. The average molecular weight is 284 g/mol. The second kappa shape index (κ2) is 6.54. The van der Waals surface area contributed by atoms with Gasteiger partial charge in [-0.25, -0.2) is 0 Å². The van der Waals surface area contributed by atoms with Gasteiger partial charge < -0.3 is 10.1 Å². The molecule has 2 unspecified atom stereocenters. The normalized spacial score (nSPS) is 22.6. The number of aromatic nitrogens is 1. The number of benzene rings is 1. The molecule has 0 radical (unpaired) electrons. The monoisotopic (exact) mass is 284 g/mol. The van der Waals surface area contributed by atoms with E-state index in [0.717, 1.165) is 30.9 Å². The van der Waals surface area contributed by atoms with Gasteiger partial charge in [0.05, 0.1) is 11.6 Å². The van der Waals surface area contributed by atoms with Gasteiger partial charge in [-0.3, -0.25) is 4.98 Å². The van der Waals surface area contributed by atoms with E-state index >= 15 is 0 Å². The zero-order valence-electron chi connectivity index (χ0n) is 12.9. The summed E-state index contributed by atoms with van der Waals surface area (Å²) in [6.07, 6.45) is 2.62. The highest BCUT2D eigenvalue weighted by atomic mass is 16.5. The van der Waals surface area contributed by atoms with Crippen molar-refractivity contribution in [2.75, 3.05) is 19.7 Å². The van der Waals surface area contributed by atoms with Gasteiger partial charge in [0.1, 0.15) is 0 Å². The Balaban J connectivity index is 1.88. The van der Waals surface area contributed by atoms with Crippen LogP contribution in [0.2, 0.25) is 0 Å². The maximum absolute atomic E-state index is 6.09. The molecule has 0 spiro atoms. The average Bonchev–Trinajstić information content (AvgIpc) is 2.52. The molecule has 1 saturated heterocycles. The zero-order chi connectivity index (χ0) is 14.7. The molecule has 3 rings (SSSR count). The fourth-order valence-electron chi connectivity index (χ4n) is 3.17. The number of pyridine rings is 1. The van der Waals surface area contributed by atoms with Crippen LogP contribution in [0.1, 0.15) is 37.1 Å². The maximum Gasteiger partial charge on any atom is 0.0865 e. The molecule has 1 N–H and O–H groups in total. The molecule has 0 bridgehead atoms. The fourth-order valence-corrected chi connectivity index (χ4v) is 3.17. The largest absolute Gasteiger partial charge is 0.373 e. The van der Waals surface area contributed by atoms with Gasteiger partial charge in [0.25, 0.3) is 0 Å². The van der Waals surface area contributed by atoms with Crippen LogP contribution in [0.25, 0.3) is 10.9 Å². The Morgan fingerprint density at radius 2 is 2.19 bits per heavy atom. The lowest BCUT2D eigenvalue weighted by Crippen LogP contribution is -2.31. The Morgan fingerprint density at radius 3 is 3.05 bits per heavy atom. The Bertz CT molecular complexity index is 611. The second-order valence-corrected chi connectivity index (χ2v) is 5.91. The quantitative estimate of drug-likeness (QED) is 0.931. The van der Waals surface area contributed by atoms with E-state index in [2.05, 4.69) is 47.6 Å². The first-order chi connectivity index (χ1) is 10.3. The van der Waals surface area contributed by atoms with Gasteiger partial charge in [-0.1, -0.05) is 19.1 Å². The smallest absolute Gasteiger partial charge is 0.0865 e. The molecule has 2 atom stereocenters. The van der Waals surface area contributed by atoms with E-state index in [9.17, 15) is 0 Å². The summed E-state index contributed by atoms with van der Waals surface area (Å²) in [5, 5.41) is 4.67. The highest BCUT2D eigenvalue weighted by Crippen LogP contribution is 2.34. The third kappa shape index (κ3) is 3.25. The molecule has 1 aliphatic rings. The number of hydrogen-bond donors (Lipinski definition) is 1. The third-order valence-electron chi connectivity index (χ3n) is 4.28. The van der Waals surface area contributed by atoms with Crippen LogP contribution < -0.4 is 5.32 Å². The number of hydrogen-bond acceptors (Lipinski definition) is 3. The summed E-state index contributed by atoms with van der Waals surface area (Å²) in [6, 6.07) is 10.8. The van der Waals surface area contributed by atoms with Crippen molar-refractivity contribution in [2.45, 2.75) is 32.8 Å². The lowest BCUT2D eigenvalue weighted by Gasteiger charge is -2.32. The van der Waals surface area contributed by atoms with Crippen LogP contribution in [0.15, 0.2) is 30.3 Å². The van der Waals surface area contributed by atoms with Crippen LogP contribution in [0, 0.1) is 12.8 Å². The van der Waals surface area contributed by atoms with Crippen molar-refractivity contribution in [3.63, 3.8) is 0 Å². The molecule has 1 aromatic heterocycles. The van der Waals surface area contributed by atoms with Crippen molar-refractivity contribution in [1.82, 2.24) is 10.3 Å². The van der Waals surface area contributed by atoms with Gasteiger partial charge in [0.15, 0.2) is 0 Å². The molecule has 1 aromatic carbocycles. The summed E-state index contributed by atoms with van der Waals surface area (Å²) in [5.74, 6) is 0.564. The van der Waals surface area contributed by atoms with Gasteiger partial charge in [-0.2, -0.15) is 0 Å². The minimum Gasteiger partial charge on any atom is -0.373 e. The van der Waals surface area contributed by atoms with Crippen LogP contribution >= 0.6 is 0 Å². The molecule has 1 aliphatic heterocycles. The summed E-state index contributed by atoms with van der Waals surface area (Å²) in [4.78, 5) is 4.58. The third-order valence-corrected chi connectivity index (χ3v) is 4.28. The summed E-state index contributed by atoms with van der Waals surface area (Å²) < 4.78 is 6.09. The van der Waals surface area contributed by atoms with Gasteiger partial charge in [-0.15, -0.1) is 0 Å². The lowest BCUT2D eigenvalue weighted by molar-refractivity contribution is -0.0275. The predicted molar refractivity (Wildman–Crippen MR) is 86.4 cm³/mol. The van der Waals surface area contributed by atoms with E-state index in [1.165, 1.54) is 23.8 Å². The van der Waals surface area contributed by atoms with E-state index in [-0.39, 0.29) is 6.10 Å². The van der Waals surface area contributed by atoms with Gasteiger partial charge in [0.2, 0.25) is 0 Å². The van der Waals surface area contributed by atoms with Crippen LogP contribution in [0.3, 0.4) is 0 Å². The highest BCUT2D eigenvalue weighted by molar-refractivity contribution is 5.79. The van der Waals surface area contributed by atoms with E-state index in [1.807, 2.05) is 6.92 Å². The Morgan fingerprint density at radius 1 is 1.29 bits per heavy atom. The Kier molecular flexibility index (Phi) is 4.51. The molecule has 21 heavy (non-hydrogen) atoms. The van der Waals surface area contributed by atoms with Gasteiger partial charge >= 0.3 is 0 Å². The summed E-state index contributed by atoms with van der Waals surface area (Å²) in [7, 11) is 0. The van der Waals surface area contributed by atoms with Crippen molar-refractivity contribution >= 4 is 10.9 Å². The minimum absolute atomic E-state index is 0.212. The fraction of sp³-hybridized carbons (Fsp3) is 0.500. The van der Waals surface area contributed by atoms with E-state index in [1.54, 1.807) is 0 Å². The number of ether oxygens (including phenoxy) is 1. The van der Waals surface area contributed by atoms with Crippen molar-refractivity contribution in [3.8, 4) is 0 Å². The van der Waals surface area contributed by atoms with Crippen molar-refractivity contribution < 1.29 is 4.74 Å². The van der Waals surface area contributed by atoms with Crippen LogP contribution in [0.4, 0.5) is 0 Å². The SMILES string of the molecule is CCNCC1CCCOC1c1ccc2nc(C)ccc2c1. The molecule has 0 amide bonds. The maximum atomic E-state index is 6.09. The van der Waals surface area contributed by atoms with E-state index in [0.29, 0.717) is 5.92 Å². The molecule has 2 aromatic rings. The van der Waals surface area contributed by atoms with Crippen LogP contribution in [0.5, 0.6) is 0 Å². The summed E-state index contributed by atoms with van der Waals surface area (Å²) in [6.45, 7) is 7.11. The molecule has 3 nitrogen and oxygen atoms in total. The first-order valence-electron chi connectivity index (χ1n) is 7.97. The molecule has 1 fully saturated rings. The second-order valence-electron chi connectivity index (χ2n) is 5.91. The number of fused-ring (bicyclic) bond motifs is 1. The summed E-state index contributed by atoms with van der Waals surface area (Å²) >= 11 is 0. The topological polar surface area (TPSA) is 34.1 Å². The molecule has 0 aliphatic carbocycles. The molecule has 2 heterocycles. The molecule has 0 saturated carbocycles. The number of rotatable bonds is 4. The highest BCUT2D eigenvalue weighted by Gasteiger charge is 2.27. The Hall–Kier alpha value is -1.45. The number of nitrogens with one attached hydrogen (secondary N) is 1.